The molecule has 0 fully saturated rings. The van der Waals surface area contributed by atoms with Gasteiger partial charge >= 0.3 is 0 Å². The second-order valence-electron chi connectivity index (χ2n) is 9.15. The third kappa shape index (κ3) is 5.81. The van der Waals surface area contributed by atoms with Crippen LogP contribution in [-0.2, 0) is 11.4 Å². The molecule has 0 aliphatic carbocycles. The zero-order valence-corrected chi connectivity index (χ0v) is 22.6. The number of halogens is 1. The number of anilines is 3. The number of fused-ring (bicyclic) bond motifs is 1. The molecule has 0 bridgehead atoms. The third-order valence-electron chi connectivity index (χ3n) is 6.39. The molecular formula is C32H23ClN4O4. The number of carbonyl (C=O) groups is 3. The number of amides is 3. The lowest BCUT2D eigenvalue weighted by molar-refractivity contribution is -0.112. The molecule has 0 spiro atoms. The fourth-order valence-corrected chi connectivity index (χ4v) is 4.57. The van der Waals surface area contributed by atoms with Crippen LogP contribution in [0, 0.1) is 13.5 Å². The van der Waals surface area contributed by atoms with E-state index in [1.54, 1.807) is 67.6 Å². The van der Waals surface area contributed by atoms with E-state index in [0.717, 1.165) is 10.5 Å². The average molecular weight is 563 g/mol. The lowest BCUT2D eigenvalue weighted by Gasteiger charge is -2.17. The van der Waals surface area contributed by atoms with Gasteiger partial charge in [0, 0.05) is 17.6 Å². The largest absolute Gasteiger partial charge is 0.487 e. The molecule has 1 heterocycles. The van der Waals surface area contributed by atoms with E-state index in [1.807, 2.05) is 30.3 Å². The predicted molar refractivity (Wildman–Crippen MR) is 158 cm³/mol. The van der Waals surface area contributed by atoms with Crippen LogP contribution in [0.3, 0.4) is 0 Å². The van der Waals surface area contributed by atoms with Crippen molar-refractivity contribution in [2.75, 3.05) is 15.5 Å². The first-order chi connectivity index (χ1) is 19.9. The summed E-state index contributed by atoms with van der Waals surface area (Å²) in [7, 11) is 0. The van der Waals surface area contributed by atoms with Crippen LogP contribution in [0.1, 0.15) is 31.8 Å². The monoisotopic (exact) mass is 562 g/mol. The summed E-state index contributed by atoms with van der Waals surface area (Å²) in [6.07, 6.45) is 1.29. The maximum atomic E-state index is 12.8. The Morgan fingerprint density at radius 2 is 1.59 bits per heavy atom. The number of benzene rings is 4. The van der Waals surface area contributed by atoms with Crippen molar-refractivity contribution in [1.29, 1.82) is 0 Å². The first-order valence-electron chi connectivity index (χ1n) is 12.6. The van der Waals surface area contributed by atoms with Crippen LogP contribution in [0.4, 0.5) is 17.1 Å². The minimum atomic E-state index is -0.624. The zero-order chi connectivity index (χ0) is 28.9. The van der Waals surface area contributed by atoms with Crippen molar-refractivity contribution >= 4 is 46.4 Å². The van der Waals surface area contributed by atoms with Crippen molar-refractivity contribution in [3.05, 3.63) is 142 Å². The van der Waals surface area contributed by atoms with Gasteiger partial charge in [-0.1, -0.05) is 54.1 Å². The molecule has 202 valence electrons. The summed E-state index contributed by atoms with van der Waals surface area (Å²) >= 11 is 6.34. The molecule has 5 rings (SSSR count). The number of carbonyl (C=O) groups excluding carboxylic acids is 3. The molecule has 0 saturated carbocycles. The molecule has 1 aliphatic heterocycles. The van der Waals surface area contributed by atoms with Crippen molar-refractivity contribution in [1.82, 2.24) is 0 Å². The molecule has 0 unspecified atom stereocenters. The molecule has 8 nitrogen and oxygen atoms in total. The van der Waals surface area contributed by atoms with Crippen LogP contribution >= 0.6 is 11.6 Å². The number of aryl methyl sites for hydroxylation is 1. The van der Waals surface area contributed by atoms with Crippen LogP contribution in [0.5, 0.6) is 5.75 Å². The topological polar surface area (TPSA) is 92.1 Å². The van der Waals surface area contributed by atoms with E-state index < -0.39 is 5.91 Å². The Kier molecular flexibility index (Phi) is 7.81. The minimum Gasteiger partial charge on any atom is -0.487 e. The van der Waals surface area contributed by atoms with E-state index in [9.17, 15) is 14.4 Å². The summed E-state index contributed by atoms with van der Waals surface area (Å²) in [6.45, 7) is 9.58. The molecule has 0 aromatic heterocycles. The van der Waals surface area contributed by atoms with Gasteiger partial charge in [0.1, 0.15) is 12.4 Å². The van der Waals surface area contributed by atoms with Gasteiger partial charge in [0.25, 0.3) is 23.4 Å². The number of nitrogens with one attached hydrogen (secondary N) is 2. The zero-order valence-electron chi connectivity index (χ0n) is 21.9. The predicted octanol–water partition coefficient (Wildman–Crippen LogP) is 6.84. The van der Waals surface area contributed by atoms with E-state index in [4.69, 9.17) is 22.9 Å². The Morgan fingerprint density at radius 1 is 0.927 bits per heavy atom. The second-order valence-corrected chi connectivity index (χ2v) is 9.56. The highest BCUT2D eigenvalue weighted by molar-refractivity contribution is 6.34. The highest BCUT2D eigenvalue weighted by atomic mass is 35.5. The van der Waals surface area contributed by atoms with Crippen LogP contribution in [-0.4, -0.2) is 17.7 Å². The molecule has 0 saturated heterocycles. The van der Waals surface area contributed by atoms with Crippen LogP contribution < -0.4 is 20.3 Å². The van der Waals surface area contributed by atoms with Crippen molar-refractivity contribution in [2.45, 2.75) is 13.5 Å². The molecule has 1 aliphatic rings. The molecule has 0 radical (unpaired) electrons. The summed E-state index contributed by atoms with van der Waals surface area (Å²) in [4.78, 5) is 42.9. The minimum absolute atomic E-state index is 0.187. The summed E-state index contributed by atoms with van der Waals surface area (Å²) in [5, 5.41) is 5.93. The number of nitrogens with zero attached hydrogens (tertiary/aromatic N) is 2. The smallest absolute Gasteiger partial charge is 0.266 e. The Labute approximate surface area is 241 Å². The standard InChI is InChI=1S/C32H23ClN4O4/c1-20-16-22(12-14-28(20)37-31(39)24-10-6-7-11-25(24)32(37)40)35-18-27(34-2)30(38)36-23-13-15-29(26(33)17-23)41-19-21-8-4-3-5-9-21/h3-18,35H,19H2,1H3,(H,36,38). The quantitative estimate of drug-likeness (QED) is 0.139. The van der Waals surface area contributed by atoms with Gasteiger partial charge in [-0.2, -0.15) is 0 Å². The fraction of sp³-hybridized carbons (Fsp3) is 0.0625. The van der Waals surface area contributed by atoms with Crippen LogP contribution in [0.15, 0.2) is 103 Å². The maximum Gasteiger partial charge on any atom is 0.266 e. The number of hydrogen-bond donors (Lipinski definition) is 2. The average Bonchev–Trinajstić information content (AvgIpc) is 3.23. The van der Waals surface area contributed by atoms with E-state index in [1.165, 1.54) is 6.20 Å². The molecule has 0 atom stereocenters. The second kappa shape index (κ2) is 11.8. The van der Waals surface area contributed by atoms with Crippen molar-refractivity contribution < 1.29 is 19.1 Å². The van der Waals surface area contributed by atoms with Crippen LogP contribution in [0.25, 0.3) is 4.85 Å². The molecule has 9 heteroatoms. The molecule has 41 heavy (non-hydrogen) atoms. The first kappa shape index (κ1) is 27.2. The summed E-state index contributed by atoms with van der Waals surface area (Å²) in [5.41, 5.74) is 3.64. The van der Waals surface area contributed by atoms with E-state index in [2.05, 4.69) is 15.5 Å². The highest BCUT2D eigenvalue weighted by Crippen LogP contribution is 2.32. The van der Waals surface area contributed by atoms with Crippen molar-refractivity contribution in [2.24, 2.45) is 0 Å². The highest BCUT2D eigenvalue weighted by Gasteiger charge is 2.36. The van der Waals surface area contributed by atoms with Gasteiger partial charge < -0.3 is 15.4 Å². The van der Waals surface area contributed by atoms with E-state index >= 15 is 0 Å². The lowest BCUT2D eigenvalue weighted by Crippen LogP contribution is -2.30. The molecular weight excluding hydrogens is 540 g/mol. The van der Waals surface area contributed by atoms with Gasteiger partial charge in [-0.15, -0.1) is 0 Å². The Hall–Kier alpha value is -5.39. The fourth-order valence-electron chi connectivity index (χ4n) is 4.33. The number of ether oxygens (including phenoxy) is 1. The Bertz CT molecular complexity index is 1710. The van der Waals surface area contributed by atoms with Gasteiger partial charge in [-0.25, -0.2) is 9.74 Å². The molecule has 3 amide bonds. The first-order valence-corrected chi connectivity index (χ1v) is 12.9. The number of rotatable bonds is 8. The van der Waals surface area contributed by atoms with Gasteiger partial charge in [0.15, 0.2) is 0 Å². The molecule has 4 aromatic carbocycles. The third-order valence-corrected chi connectivity index (χ3v) is 6.68. The van der Waals surface area contributed by atoms with E-state index in [0.29, 0.717) is 51.1 Å². The normalized spacial score (nSPS) is 12.5. The van der Waals surface area contributed by atoms with Crippen molar-refractivity contribution in [3.63, 3.8) is 0 Å². The number of imide groups is 1. The van der Waals surface area contributed by atoms with Gasteiger partial charge in [0.05, 0.1) is 28.4 Å². The van der Waals surface area contributed by atoms with Gasteiger partial charge in [-0.05, 0) is 66.6 Å². The van der Waals surface area contributed by atoms with Gasteiger partial charge in [-0.3, -0.25) is 14.4 Å². The van der Waals surface area contributed by atoms with Gasteiger partial charge in [0.2, 0.25) is 0 Å². The summed E-state index contributed by atoms with van der Waals surface area (Å²) < 4.78 is 5.76. The lowest BCUT2D eigenvalue weighted by atomic mass is 10.1. The van der Waals surface area contributed by atoms with E-state index in [-0.39, 0.29) is 17.5 Å². The van der Waals surface area contributed by atoms with Crippen molar-refractivity contribution in [3.8, 4) is 5.75 Å². The molecule has 2 N–H and O–H groups in total. The van der Waals surface area contributed by atoms with Crippen LogP contribution in [0.2, 0.25) is 5.02 Å². The SMILES string of the molecule is [C-]#[N+]C(=CNc1ccc(N2C(=O)c3ccccc3C2=O)c(C)c1)C(=O)Nc1ccc(OCc2ccccc2)c(Cl)c1. The Balaban J connectivity index is 1.23. The maximum absolute atomic E-state index is 12.8. The number of hydrogen-bond acceptors (Lipinski definition) is 5. The summed E-state index contributed by atoms with van der Waals surface area (Å²) in [5.74, 6) is -0.911. The Morgan fingerprint density at radius 3 is 2.22 bits per heavy atom. The summed E-state index contributed by atoms with van der Waals surface area (Å²) in [6, 6.07) is 26.2. The molecule has 4 aromatic rings.